The molecule has 1 amide bonds. The fraction of sp³-hybridized carbons (Fsp3) is 0.238. The molecule has 0 atom stereocenters. The van der Waals surface area contributed by atoms with Crippen LogP contribution < -0.4 is 5.32 Å². The molecule has 3 rings (SSSR count). The van der Waals surface area contributed by atoms with Gasteiger partial charge in [-0.05, 0) is 30.7 Å². The zero-order chi connectivity index (χ0) is 18.5. The smallest absolute Gasteiger partial charge is 0.252 e. The van der Waals surface area contributed by atoms with Gasteiger partial charge in [0.25, 0.3) is 5.91 Å². The van der Waals surface area contributed by atoms with Gasteiger partial charge in [0, 0.05) is 17.5 Å². The average Bonchev–Trinajstić information content (AvgIpc) is 2.66. The van der Waals surface area contributed by atoms with E-state index in [1.807, 2.05) is 36.4 Å². The van der Waals surface area contributed by atoms with Crippen molar-refractivity contribution < 1.29 is 4.79 Å². The van der Waals surface area contributed by atoms with Crippen LogP contribution >= 0.6 is 23.2 Å². The summed E-state index contributed by atoms with van der Waals surface area (Å²) in [7, 11) is 0. The van der Waals surface area contributed by atoms with Gasteiger partial charge in [0.2, 0.25) is 0 Å². The molecule has 2 aromatic carbocycles. The highest BCUT2D eigenvalue weighted by Gasteiger charge is 2.14. The number of para-hydroxylation sites is 1. The van der Waals surface area contributed by atoms with Crippen LogP contribution in [0, 0.1) is 0 Å². The van der Waals surface area contributed by atoms with Gasteiger partial charge >= 0.3 is 0 Å². The van der Waals surface area contributed by atoms with Gasteiger partial charge in [-0.25, -0.2) is 4.98 Å². The van der Waals surface area contributed by atoms with E-state index in [4.69, 9.17) is 23.2 Å². The first-order valence-electron chi connectivity index (χ1n) is 8.73. The number of hydrogen-bond acceptors (Lipinski definition) is 2. The Balaban J connectivity index is 2.01. The molecular formula is C21H20Cl2N2O. The molecule has 0 unspecified atom stereocenters. The van der Waals surface area contributed by atoms with Crippen LogP contribution in [0.5, 0.6) is 0 Å². The molecular weight excluding hydrogens is 367 g/mol. The lowest BCUT2D eigenvalue weighted by Crippen LogP contribution is -2.24. The van der Waals surface area contributed by atoms with E-state index in [9.17, 15) is 4.79 Å². The van der Waals surface area contributed by atoms with Gasteiger partial charge in [-0.1, -0.05) is 67.2 Å². The normalized spacial score (nSPS) is 10.9. The van der Waals surface area contributed by atoms with Gasteiger partial charge in [-0.15, -0.1) is 0 Å². The molecule has 0 bridgehead atoms. The molecule has 26 heavy (non-hydrogen) atoms. The molecule has 0 saturated heterocycles. The Kier molecular flexibility index (Phi) is 6.12. The van der Waals surface area contributed by atoms with Gasteiger partial charge in [0.05, 0.1) is 26.8 Å². The third-order valence-corrected chi connectivity index (χ3v) is 4.98. The molecule has 1 heterocycles. The van der Waals surface area contributed by atoms with Crippen molar-refractivity contribution in [3.05, 3.63) is 64.1 Å². The first-order chi connectivity index (χ1) is 12.6. The second kappa shape index (κ2) is 8.52. The van der Waals surface area contributed by atoms with E-state index in [2.05, 4.69) is 17.2 Å². The zero-order valence-corrected chi connectivity index (χ0v) is 16.1. The van der Waals surface area contributed by atoms with E-state index in [0.29, 0.717) is 27.8 Å². The van der Waals surface area contributed by atoms with Crippen LogP contribution in [-0.4, -0.2) is 17.4 Å². The minimum atomic E-state index is -0.0824. The molecule has 0 fully saturated rings. The molecule has 0 aliphatic heterocycles. The van der Waals surface area contributed by atoms with Gasteiger partial charge in [0.15, 0.2) is 0 Å². The summed E-state index contributed by atoms with van der Waals surface area (Å²) in [5.41, 5.74) is 2.91. The second-order valence-electron chi connectivity index (χ2n) is 6.16. The predicted octanol–water partition coefficient (Wildman–Crippen LogP) is 6.13. The molecule has 3 nitrogen and oxygen atoms in total. The van der Waals surface area contributed by atoms with Crippen molar-refractivity contribution in [1.82, 2.24) is 10.3 Å². The van der Waals surface area contributed by atoms with Crippen molar-refractivity contribution in [2.75, 3.05) is 6.54 Å². The van der Waals surface area contributed by atoms with Gasteiger partial charge < -0.3 is 5.32 Å². The van der Waals surface area contributed by atoms with Crippen LogP contribution in [0.1, 0.15) is 36.5 Å². The molecule has 3 aromatic rings. The highest BCUT2D eigenvalue weighted by atomic mass is 35.5. The zero-order valence-electron chi connectivity index (χ0n) is 14.6. The minimum Gasteiger partial charge on any atom is -0.352 e. The van der Waals surface area contributed by atoms with E-state index in [1.54, 1.807) is 12.1 Å². The van der Waals surface area contributed by atoms with Crippen molar-refractivity contribution in [1.29, 1.82) is 0 Å². The standard InChI is InChI=1S/C21H20Cl2N2O/c1-2-3-6-11-24-21(26)16-13-20(14-9-10-17(22)18(23)12-14)25-19-8-5-4-7-15(16)19/h4-5,7-10,12-13H,2-3,6,11H2,1H3,(H,24,26). The maximum atomic E-state index is 12.7. The molecule has 0 spiro atoms. The van der Waals surface area contributed by atoms with Gasteiger partial charge in [0.1, 0.15) is 0 Å². The predicted molar refractivity (Wildman–Crippen MR) is 109 cm³/mol. The van der Waals surface area contributed by atoms with E-state index < -0.39 is 0 Å². The van der Waals surface area contributed by atoms with Crippen molar-refractivity contribution in [3.8, 4) is 11.3 Å². The first kappa shape index (κ1) is 18.7. The van der Waals surface area contributed by atoms with Crippen LogP contribution in [0.3, 0.4) is 0 Å². The number of aromatic nitrogens is 1. The van der Waals surface area contributed by atoms with Crippen LogP contribution in [0.15, 0.2) is 48.5 Å². The maximum absolute atomic E-state index is 12.7. The lowest BCUT2D eigenvalue weighted by atomic mass is 10.0. The summed E-state index contributed by atoms with van der Waals surface area (Å²) in [6.07, 6.45) is 3.20. The Morgan fingerprint density at radius 3 is 2.62 bits per heavy atom. The van der Waals surface area contributed by atoms with Crippen LogP contribution in [0.25, 0.3) is 22.2 Å². The van der Waals surface area contributed by atoms with Gasteiger partial charge in [-0.3, -0.25) is 4.79 Å². The number of hydrogen-bond donors (Lipinski definition) is 1. The van der Waals surface area contributed by atoms with Crippen LogP contribution in [-0.2, 0) is 0 Å². The number of carbonyl (C=O) groups is 1. The molecule has 0 radical (unpaired) electrons. The molecule has 0 saturated carbocycles. The number of nitrogens with one attached hydrogen (secondary N) is 1. The number of carbonyl (C=O) groups excluding carboxylic acids is 1. The molecule has 1 aromatic heterocycles. The number of fused-ring (bicyclic) bond motifs is 1. The van der Waals surface area contributed by atoms with E-state index in [-0.39, 0.29) is 5.91 Å². The lowest BCUT2D eigenvalue weighted by molar-refractivity contribution is 0.0954. The molecule has 0 aliphatic carbocycles. The second-order valence-corrected chi connectivity index (χ2v) is 6.98. The van der Waals surface area contributed by atoms with Crippen molar-refractivity contribution >= 4 is 40.0 Å². The summed E-state index contributed by atoms with van der Waals surface area (Å²) in [5, 5.41) is 4.80. The monoisotopic (exact) mass is 386 g/mol. The number of nitrogens with zero attached hydrogens (tertiary/aromatic N) is 1. The topological polar surface area (TPSA) is 42.0 Å². The summed E-state index contributed by atoms with van der Waals surface area (Å²) < 4.78 is 0. The summed E-state index contributed by atoms with van der Waals surface area (Å²) in [5.74, 6) is -0.0824. The lowest BCUT2D eigenvalue weighted by Gasteiger charge is -2.11. The summed E-state index contributed by atoms with van der Waals surface area (Å²) >= 11 is 12.2. The number of rotatable bonds is 6. The quantitative estimate of drug-likeness (QED) is 0.517. The Labute approximate surface area is 163 Å². The summed E-state index contributed by atoms with van der Waals surface area (Å²) in [6, 6.07) is 14.8. The van der Waals surface area contributed by atoms with Crippen LogP contribution in [0.4, 0.5) is 0 Å². The number of halogens is 2. The maximum Gasteiger partial charge on any atom is 0.252 e. The van der Waals surface area contributed by atoms with E-state index in [0.717, 1.165) is 35.7 Å². The summed E-state index contributed by atoms with van der Waals surface area (Å²) in [4.78, 5) is 17.4. The summed E-state index contributed by atoms with van der Waals surface area (Å²) in [6.45, 7) is 2.81. The number of amides is 1. The average molecular weight is 387 g/mol. The highest BCUT2D eigenvalue weighted by molar-refractivity contribution is 6.42. The van der Waals surface area contributed by atoms with Crippen molar-refractivity contribution in [2.24, 2.45) is 0 Å². The van der Waals surface area contributed by atoms with Gasteiger partial charge in [-0.2, -0.15) is 0 Å². The number of unbranched alkanes of at least 4 members (excludes halogenated alkanes) is 2. The molecule has 5 heteroatoms. The number of pyridine rings is 1. The first-order valence-corrected chi connectivity index (χ1v) is 9.49. The fourth-order valence-corrected chi connectivity index (χ4v) is 3.14. The Hall–Kier alpha value is -2.10. The molecule has 1 N–H and O–H groups in total. The molecule has 134 valence electrons. The van der Waals surface area contributed by atoms with Crippen molar-refractivity contribution in [2.45, 2.75) is 26.2 Å². The third-order valence-electron chi connectivity index (χ3n) is 4.24. The van der Waals surface area contributed by atoms with Crippen LogP contribution in [0.2, 0.25) is 10.0 Å². The van der Waals surface area contributed by atoms with E-state index >= 15 is 0 Å². The van der Waals surface area contributed by atoms with Crippen molar-refractivity contribution in [3.63, 3.8) is 0 Å². The minimum absolute atomic E-state index is 0.0824. The Bertz CT molecular complexity index is 940. The fourth-order valence-electron chi connectivity index (χ4n) is 2.84. The highest BCUT2D eigenvalue weighted by Crippen LogP contribution is 2.30. The third kappa shape index (κ3) is 4.17. The Morgan fingerprint density at radius 1 is 1.04 bits per heavy atom. The van der Waals surface area contributed by atoms with E-state index in [1.165, 1.54) is 0 Å². The Morgan fingerprint density at radius 2 is 1.85 bits per heavy atom. The SMILES string of the molecule is CCCCCNC(=O)c1cc(-c2ccc(Cl)c(Cl)c2)nc2ccccc12. The largest absolute Gasteiger partial charge is 0.352 e. The molecule has 0 aliphatic rings. The number of benzene rings is 2.